The number of fused-ring (bicyclic) bond motifs is 2. The molecule has 3 rings (SSSR count). The Labute approximate surface area is 116 Å². The lowest BCUT2D eigenvalue weighted by molar-refractivity contribution is -0.480. The summed E-state index contributed by atoms with van der Waals surface area (Å²) in [6.45, 7) is 1.82. The first-order valence-corrected chi connectivity index (χ1v) is 6.85. The maximum Gasteiger partial charge on any atom is 0.367 e. The lowest BCUT2D eigenvalue weighted by Crippen LogP contribution is -2.28. The summed E-state index contributed by atoms with van der Waals surface area (Å²) in [6, 6.07) is 4.11. The molecule has 1 heterocycles. The summed E-state index contributed by atoms with van der Waals surface area (Å²) in [6.07, 6.45) is 2.27. The van der Waals surface area contributed by atoms with Crippen molar-refractivity contribution in [3.8, 4) is 0 Å². The Bertz CT molecular complexity index is 736. The van der Waals surface area contributed by atoms with E-state index in [1.165, 1.54) is 0 Å². The van der Waals surface area contributed by atoms with Crippen LogP contribution in [0.5, 0.6) is 0 Å². The molecule has 1 atom stereocenters. The van der Waals surface area contributed by atoms with E-state index in [1.54, 1.807) is 0 Å². The van der Waals surface area contributed by atoms with Gasteiger partial charge in [-0.05, 0) is 50.2 Å². The molecule has 0 saturated heterocycles. The molecule has 0 fully saturated rings. The quantitative estimate of drug-likeness (QED) is 0.763. The van der Waals surface area contributed by atoms with Gasteiger partial charge in [-0.15, -0.1) is 0 Å². The highest BCUT2D eigenvalue weighted by Crippen LogP contribution is 2.27. The molecule has 0 amide bonds. The van der Waals surface area contributed by atoms with Gasteiger partial charge in [0, 0.05) is 10.5 Å². The van der Waals surface area contributed by atoms with Crippen molar-refractivity contribution in [3.05, 3.63) is 39.2 Å². The molecule has 6 nitrogen and oxygen atoms in total. The number of hydrogen-bond acceptors (Lipinski definition) is 4. The number of nitrogens with zero attached hydrogens (tertiary/aromatic N) is 4. The SMILES string of the molecule is CCc1nn([O-])c2cc3c(cc2[n+]1=O)CC(N(C)C)C3. The van der Waals surface area contributed by atoms with Crippen LogP contribution in [-0.2, 0) is 19.3 Å². The summed E-state index contributed by atoms with van der Waals surface area (Å²) in [4.78, 5) is 15.0. The summed E-state index contributed by atoms with van der Waals surface area (Å²) in [5.74, 6) is 0.259. The Morgan fingerprint density at radius 1 is 1.40 bits per heavy atom. The van der Waals surface area contributed by atoms with Crippen LogP contribution in [0.25, 0.3) is 11.0 Å². The van der Waals surface area contributed by atoms with Gasteiger partial charge in [-0.25, -0.2) is 0 Å². The van der Waals surface area contributed by atoms with Crippen molar-refractivity contribution in [1.82, 2.24) is 14.8 Å². The van der Waals surface area contributed by atoms with Gasteiger partial charge < -0.3 is 10.1 Å². The zero-order chi connectivity index (χ0) is 14.4. The highest BCUT2D eigenvalue weighted by atomic mass is 16.5. The first kappa shape index (κ1) is 13.1. The topological polar surface area (TPSA) is 67.1 Å². The Kier molecular flexibility index (Phi) is 2.97. The van der Waals surface area contributed by atoms with Gasteiger partial charge in [0.15, 0.2) is 0 Å². The monoisotopic (exact) mass is 274 g/mol. The van der Waals surface area contributed by atoms with Crippen LogP contribution in [0.1, 0.15) is 23.9 Å². The maximum atomic E-state index is 12.2. The third kappa shape index (κ3) is 1.87. The Hall–Kier alpha value is -1.95. The summed E-state index contributed by atoms with van der Waals surface area (Å²) in [7, 11) is 4.10. The van der Waals surface area contributed by atoms with Gasteiger partial charge in [-0.2, -0.15) is 4.85 Å². The van der Waals surface area contributed by atoms with E-state index >= 15 is 0 Å². The van der Waals surface area contributed by atoms with Crippen LogP contribution in [-0.4, -0.2) is 35.0 Å². The zero-order valence-electron chi connectivity index (χ0n) is 12.0. The molecule has 1 aromatic carbocycles. The predicted octanol–water partition coefficient (Wildman–Crippen LogP) is 0.888. The second-order valence-electron chi connectivity index (χ2n) is 5.57. The lowest BCUT2D eigenvalue weighted by Gasteiger charge is -2.17. The first-order chi connectivity index (χ1) is 9.51. The minimum Gasteiger partial charge on any atom is -0.772 e. The van der Waals surface area contributed by atoms with E-state index in [-0.39, 0.29) is 5.82 Å². The van der Waals surface area contributed by atoms with E-state index in [4.69, 9.17) is 0 Å². The van der Waals surface area contributed by atoms with Gasteiger partial charge >= 0.3 is 5.82 Å². The van der Waals surface area contributed by atoms with Crippen molar-refractivity contribution in [3.63, 3.8) is 0 Å². The van der Waals surface area contributed by atoms with Crippen molar-refractivity contribution in [2.24, 2.45) is 0 Å². The molecular weight excluding hydrogens is 256 g/mol. The van der Waals surface area contributed by atoms with Crippen LogP contribution in [0.15, 0.2) is 12.1 Å². The smallest absolute Gasteiger partial charge is 0.367 e. The average molecular weight is 274 g/mol. The highest BCUT2D eigenvalue weighted by Gasteiger charge is 2.26. The van der Waals surface area contributed by atoms with Gasteiger partial charge in [-0.1, -0.05) is 11.8 Å². The molecular formula is C14H18N4O2. The Morgan fingerprint density at radius 2 is 2.05 bits per heavy atom. The molecule has 1 unspecified atom stereocenters. The second kappa shape index (κ2) is 4.56. The average Bonchev–Trinajstić information content (AvgIpc) is 2.84. The third-order valence-corrected chi connectivity index (χ3v) is 4.12. The molecule has 20 heavy (non-hydrogen) atoms. The molecule has 6 heteroatoms. The lowest BCUT2D eigenvalue weighted by atomic mass is 10.1. The van der Waals surface area contributed by atoms with E-state index in [9.17, 15) is 10.1 Å². The maximum absolute atomic E-state index is 12.2. The molecule has 1 aliphatic rings. The summed E-state index contributed by atoms with van der Waals surface area (Å²) >= 11 is 0. The molecule has 106 valence electrons. The van der Waals surface area contributed by atoms with Crippen LogP contribution < -0.4 is 4.43 Å². The van der Waals surface area contributed by atoms with E-state index in [2.05, 4.69) is 24.1 Å². The largest absolute Gasteiger partial charge is 0.772 e. The van der Waals surface area contributed by atoms with Crippen LogP contribution in [0.2, 0.25) is 0 Å². The van der Waals surface area contributed by atoms with Gasteiger partial charge in [0.05, 0.1) is 11.5 Å². The van der Waals surface area contributed by atoms with Gasteiger partial charge in [0.25, 0.3) is 0 Å². The first-order valence-electron chi connectivity index (χ1n) is 6.85. The Morgan fingerprint density at radius 3 is 2.65 bits per heavy atom. The van der Waals surface area contributed by atoms with Gasteiger partial charge in [0.2, 0.25) is 5.52 Å². The van der Waals surface area contributed by atoms with Gasteiger partial charge in [0.1, 0.15) is 5.52 Å². The van der Waals surface area contributed by atoms with Crippen molar-refractivity contribution in [1.29, 1.82) is 0 Å². The van der Waals surface area contributed by atoms with E-state index in [1.807, 2.05) is 19.1 Å². The standard InChI is InChI=1S/C14H18N4O2/c1-4-14-15-18(20)13-8-10-6-11(16(2)3)5-9(10)7-12(13)17(14)19/h7-8,11H,4-6H2,1-3H3. The van der Waals surface area contributed by atoms with Crippen LogP contribution in [0.3, 0.4) is 0 Å². The molecule has 1 aliphatic carbocycles. The summed E-state index contributed by atoms with van der Waals surface area (Å²) in [5.41, 5.74) is 3.08. The fourth-order valence-corrected chi connectivity index (χ4v) is 2.86. The minimum atomic E-state index is 0.259. The minimum absolute atomic E-state index is 0.259. The van der Waals surface area contributed by atoms with Crippen molar-refractivity contribution in [2.45, 2.75) is 32.2 Å². The highest BCUT2D eigenvalue weighted by molar-refractivity contribution is 5.74. The molecule has 2 aromatic rings. The van der Waals surface area contributed by atoms with E-state index < -0.39 is 0 Å². The molecule has 0 spiro atoms. The number of rotatable bonds is 2. The van der Waals surface area contributed by atoms with E-state index in [0.717, 1.165) is 28.4 Å². The number of aryl methyl sites for hydroxylation is 1. The molecule has 0 bridgehead atoms. The van der Waals surface area contributed by atoms with Crippen molar-refractivity contribution in [2.75, 3.05) is 14.1 Å². The Balaban J connectivity index is 2.21. The molecule has 0 aliphatic heterocycles. The fraction of sp³-hybridized carbons (Fsp3) is 0.500. The molecule has 1 aromatic heterocycles. The van der Waals surface area contributed by atoms with Crippen LogP contribution >= 0.6 is 0 Å². The molecule has 0 saturated carbocycles. The normalized spacial score (nSPS) is 17.9. The predicted molar refractivity (Wildman–Crippen MR) is 76.1 cm³/mol. The van der Waals surface area contributed by atoms with Crippen molar-refractivity contribution >= 4 is 11.0 Å². The number of aromatic nitrogens is 3. The van der Waals surface area contributed by atoms with Crippen LogP contribution in [0.4, 0.5) is 0 Å². The number of hydrogen-bond donors (Lipinski definition) is 0. The molecule has 0 radical (unpaired) electrons. The number of benzene rings is 1. The second-order valence-corrected chi connectivity index (χ2v) is 5.57. The van der Waals surface area contributed by atoms with Crippen molar-refractivity contribution < 1.29 is 4.43 Å². The molecule has 0 N–H and O–H groups in total. The third-order valence-electron chi connectivity index (χ3n) is 4.12. The number of likely N-dealkylation sites (N-methyl/N-ethyl adjacent to an activating group) is 1. The zero-order valence-corrected chi connectivity index (χ0v) is 12.0. The fourth-order valence-electron chi connectivity index (χ4n) is 2.86. The van der Waals surface area contributed by atoms with Crippen LogP contribution in [0, 0.1) is 10.1 Å². The summed E-state index contributed by atoms with van der Waals surface area (Å²) in [5, 5.41) is 15.8. The van der Waals surface area contributed by atoms with Gasteiger partial charge in [-0.3, -0.25) is 0 Å². The summed E-state index contributed by atoms with van der Waals surface area (Å²) < 4.78 is 0.785. The van der Waals surface area contributed by atoms with E-state index in [0.29, 0.717) is 28.3 Å².